The minimum Gasteiger partial charge on any atom is -0.490 e. The second kappa shape index (κ2) is 19.6. The van der Waals surface area contributed by atoms with Crippen LogP contribution in [0.3, 0.4) is 0 Å². The highest BCUT2D eigenvalue weighted by Gasteiger charge is 2.39. The Morgan fingerprint density at radius 3 is 1.92 bits per heavy atom. The summed E-state index contributed by atoms with van der Waals surface area (Å²) in [4.78, 5) is 59.3. The van der Waals surface area contributed by atoms with Crippen molar-refractivity contribution in [3.05, 3.63) is 66.5 Å². The molecule has 0 aliphatic carbocycles. The van der Waals surface area contributed by atoms with Crippen molar-refractivity contribution in [2.45, 2.75) is 84.0 Å². The van der Waals surface area contributed by atoms with Crippen molar-refractivity contribution in [2.24, 2.45) is 11.8 Å². The number of hydrogen-bond acceptors (Lipinski definition) is 11. The van der Waals surface area contributed by atoms with Gasteiger partial charge in [0, 0.05) is 32.9 Å². The van der Waals surface area contributed by atoms with Crippen LogP contribution in [-0.2, 0) is 23.8 Å². The number of aromatic amines is 2. The number of hydrogen-bond donors (Lipinski definition) is 5. The van der Waals surface area contributed by atoms with E-state index in [-0.39, 0.29) is 35.7 Å². The highest BCUT2D eigenvalue weighted by Crippen LogP contribution is 2.38. The van der Waals surface area contributed by atoms with E-state index in [0.29, 0.717) is 43.7 Å². The zero-order valence-corrected chi connectivity index (χ0v) is 35.0. The number of rotatable bonds is 17. The van der Waals surface area contributed by atoms with Crippen LogP contribution in [0.2, 0.25) is 0 Å². The van der Waals surface area contributed by atoms with Gasteiger partial charge in [0.25, 0.3) is 0 Å². The second-order valence-electron chi connectivity index (χ2n) is 15.7. The van der Waals surface area contributed by atoms with Gasteiger partial charge in [-0.05, 0) is 66.3 Å². The molecule has 2 aromatic heterocycles. The number of benzene rings is 2. The van der Waals surface area contributed by atoms with E-state index < -0.39 is 24.6 Å². The maximum Gasteiger partial charge on any atom is 0.407 e. The zero-order valence-electron chi connectivity index (χ0n) is 35.0. The number of H-pyrrole nitrogens is 2. The number of carbonyl (C=O) groups is 3. The molecule has 59 heavy (non-hydrogen) atoms. The largest absolute Gasteiger partial charge is 0.490 e. The van der Waals surface area contributed by atoms with Crippen LogP contribution in [0, 0.1) is 11.8 Å². The SMILES string of the molecule is COCCOc1cc(-c2ccc(-c3cnc(C4CCCN4C(=O)C(NC(=O)OC)C(C)C)[nH]3)cc2)ccc1-c1cnc(C2CCCN2C(=O)C(NC(O)OC)C(C)C)[nH]1. The minimum absolute atomic E-state index is 0.0740. The Bertz CT molecular complexity index is 2030. The monoisotopic (exact) mass is 814 g/mol. The van der Waals surface area contributed by atoms with Crippen LogP contribution in [0.15, 0.2) is 54.9 Å². The molecule has 5 N–H and O–H groups in total. The van der Waals surface area contributed by atoms with Gasteiger partial charge in [-0.15, -0.1) is 0 Å². The number of carbonyl (C=O) groups excluding carboxylic acids is 3. The van der Waals surface area contributed by atoms with Crippen molar-refractivity contribution >= 4 is 17.9 Å². The lowest BCUT2D eigenvalue weighted by Crippen LogP contribution is -2.52. The lowest BCUT2D eigenvalue weighted by molar-refractivity contribution is -0.145. The maximum absolute atomic E-state index is 13.7. The average Bonchev–Trinajstić information content (AvgIpc) is 4.08. The third-order valence-corrected chi connectivity index (χ3v) is 11.1. The number of aliphatic hydroxyl groups excluding tert-OH is 1. The molecule has 2 aliphatic rings. The van der Waals surface area contributed by atoms with Gasteiger partial charge in [0.15, 0.2) is 0 Å². The average molecular weight is 815 g/mol. The van der Waals surface area contributed by atoms with Crippen molar-refractivity contribution in [3.8, 4) is 39.4 Å². The molecule has 0 bridgehead atoms. The fourth-order valence-corrected chi connectivity index (χ4v) is 7.87. The molecule has 16 heteroatoms. The van der Waals surface area contributed by atoms with Gasteiger partial charge in [0.1, 0.15) is 30.0 Å². The molecule has 4 heterocycles. The maximum atomic E-state index is 13.7. The number of likely N-dealkylation sites (tertiary alicyclic amines) is 2. The first-order valence-electron chi connectivity index (χ1n) is 20.3. The summed E-state index contributed by atoms with van der Waals surface area (Å²) in [6.07, 6.45) is 4.88. The molecule has 0 radical (unpaired) electrons. The molecule has 318 valence electrons. The predicted molar refractivity (Wildman–Crippen MR) is 221 cm³/mol. The zero-order chi connectivity index (χ0) is 42.2. The summed E-state index contributed by atoms with van der Waals surface area (Å²) in [5.74, 6) is 1.60. The second-order valence-corrected chi connectivity index (χ2v) is 15.7. The summed E-state index contributed by atoms with van der Waals surface area (Å²) in [5, 5.41) is 15.7. The van der Waals surface area contributed by atoms with Crippen molar-refractivity contribution < 1.29 is 38.4 Å². The van der Waals surface area contributed by atoms with Gasteiger partial charge >= 0.3 is 6.09 Å². The fourth-order valence-electron chi connectivity index (χ4n) is 7.87. The number of nitrogens with zero attached hydrogens (tertiary/aromatic N) is 4. The molecular formula is C43H58N8O8. The van der Waals surface area contributed by atoms with Gasteiger partial charge in [0.2, 0.25) is 18.2 Å². The highest BCUT2D eigenvalue weighted by molar-refractivity contribution is 5.86. The summed E-state index contributed by atoms with van der Waals surface area (Å²) in [7, 11) is 4.30. The summed E-state index contributed by atoms with van der Waals surface area (Å²) < 4.78 is 21.3. The third kappa shape index (κ3) is 9.95. The third-order valence-electron chi connectivity index (χ3n) is 11.1. The first-order chi connectivity index (χ1) is 28.4. The summed E-state index contributed by atoms with van der Waals surface area (Å²) in [5.41, 5.74) is 5.30. The number of amides is 3. The van der Waals surface area contributed by atoms with E-state index in [0.717, 1.165) is 59.3 Å². The number of aromatic nitrogens is 4. The molecule has 5 unspecified atom stereocenters. The standard InChI is InChI=1S/C43H58N8O8/c1-25(2)36(48-42(54)57-6)40(52)50-18-8-10-33(50)38-44-23-31(46-38)28-14-12-27(13-15-28)29-16-17-30(35(22-29)59-21-20-56-5)32-24-45-39(47-32)34-11-9-19-51(34)41(53)37(26(3)4)49-43(55)58-7/h12-17,22-26,33-34,36-37,43,49,55H,8-11,18-21H2,1-7H3,(H,44,46)(H,45,47)(H,48,54). The Hall–Kier alpha value is -5.29. The van der Waals surface area contributed by atoms with E-state index in [9.17, 15) is 19.5 Å². The molecule has 3 amide bonds. The molecule has 6 rings (SSSR count). The Morgan fingerprint density at radius 1 is 0.780 bits per heavy atom. The van der Waals surface area contributed by atoms with Gasteiger partial charge in [0.05, 0.1) is 55.6 Å². The molecule has 0 spiro atoms. The Balaban J connectivity index is 1.19. The minimum atomic E-state index is -1.25. The molecular weight excluding hydrogens is 757 g/mol. The van der Waals surface area contributed by atoms with Gasteiger partial charge in [-0.25, -0.2) is 14.8 Å². The van der Waals surface area contributed by atoms with Crippen LogP contribution in [0.1, 0.15) is 77.1 Å². The van der Waals surface area contributed by atoms with Crippen LogP contribution in [0.5, 0.6) is 5.75 Å². The van der Waals surface area contributed by atoms with Gasteiger partial charge in [-0.1, -0.05) is 58.0 Å². The topological polar surface area (TPSA) is 196 Å². The number of methoxy groups -OCH3 is 3. The fraction of sp³-hybridized carbons (Fsp3) is 0.512. The smallest absolute Gasteiger partial charge is 0.407 e. The highest BCUT2D eigenvalue weighted by atomic mass is 16.6. The van der Waals surface area contributed by atoms with Crippen LogP contribution >= 0.6 is 0 Å². The van der Waals surface area contributed by atoms with Crippen molar-refractivity contribution in [1.29, 1.82) is 0 Å². The van der Waals surface area contributed by atoms with Crippen LogP contribution < -0.4 is 15.4 Å². The Labute approximate surface area is 345 Å². The first-order valence-corrected chi connectivity index (χ1v) is 20.3. The van der Waals surface area contributed by atoms with Gasteiger partial charge < -0.3 is 49.1 Å². The number of alkyl carbamates (subject to hydrolysis) is 1. The number of aliphatic hydroxyl groups is 1. The van der Waals surface area contributed by atoms with E-state index >= 15 is 0 Å². The summed E-state index contributed by atoms with van der Waals surface area (Å²) in [6.45, 7) is 9.58. The lowest BCUT2D eigenvalue weighted by Gasteiger charge is -2.31. The molecule has 2 aliphatic heterocycles. The lowest BCUT2D eigenvalue weighted by atomic mass is 10.00. The van der Waals surface area contributed by atoms with Gasteiger partial charge in [-0.2, -0.15) is 0 Å². The molecule has 16 nitrogen and oxygen atoms in total. The molecule has 5 atom stereocenters. The molecule has 0 saturated carbocycles. The predicted octanol–water partition coefficient (Wildman–Crippen LogP) is 5.40. The Morgan fingerprint density at radius 2 is 1.34 bits per heavy atom. The van der Waals surface area contributed by atoms with Crippen molar-refractivity contribution in [2.75, 3.05) is 47.6 Å². The molecule has 2 aromatic carbocycles. The first kappa shape index (κ1) is 43.3. The normalized spacial score (nSPS) is 18.3. The number of imidazole rings is 2. The molecule has 4 aromatic rings. The van der Waals surface area contributed by atoms with Crippen molar-refractivity contribution in [1.82, 2.24) is 40.4 Å². The van der Waals surface area contributed by atoms with Crippen molar-refractivity contribution in [3.63, 3.8) is 0 Å². The summed E-state index contributed by atoms with van der Waals surface area (Å²) >= 11 is 0. The quantitative estimate of drug-likeness (QED) is 0.0676. The van der Waals surface area contributed by atoms with Crippen LogP contribution in [0.25, 0.3) is 33.6 Å². The molecule has 2 fully saturated rings. The Kier molecular flexibility index (Phi) is 14.4. The van der Waals surface area contributed by atoms with Crippen LogP contribution in [-0.4, -0.2) is 119 Å². The van der Waals surface area contributed by atoms with Crippen LogP contribution in [0.4, 0.5) is 4.79 Å². The molecule has 2 saturated heterocycles. The van der Waals surface area contributed by atoms with E-state index in [1.54, 1.807) is 24.4 Å². The van der Waals surface area contributed by atoms with E-state index in [2.05, 4.69) is 25.6 Å². The van der Waals surface area contributed by atoms with E-state index in [4.69, 9.17) is 23.9 Å². The van der Waals surface area contributed by atoms with Gasteiger partial charge in [-0.3, -0.25) is 14.9 Å². The summed E-state index contributed by atoms with van der Waals surface area (Å²) in [6, 6.07) is 12.4. The van der Waals surface area contributed by atoms with E-state index in [1.807, 2.05) is 75.1 Å². The number of ether oxygens (including phenoxy) is 4. The number of nitrogens with one attached hydrogen (secondary N) is 4. The van der Waals surface area contributed by atoms with E-state index in [1.165, 1.54) is 14.2 Å².